The molecule has 112 valence electrons. The van der Waals surface area contributed by atoms with Crippen molar-refractivity contribution in [1.82, 2.24) is 9.71 Å². The summed E-state index contributed by atoms with van der Waals surface area (Å²) in [7, 11) is -3.95. The molecular weight excluding hydrogens is 316 g/mol. The number of thiazole rings is 1. The third-order valence-electron chi connectivity index (χ3n) is 2.58. The molecule has 0 aliphatic rings. The molecule has 0 radical (unpaired) electrons. The van der Waals surface area contributed by atoms with Gasteiger partial charge in [0.2, 0.25) is 10.0 Å². The van der Waals surface area contributed by atoms with Crippen molar-refractivity contribution in [1.29, 1.82) is 0 Å². The number of benzene rings is 1. The van der Waals surface area contributed by atoms with Crippen LogP contribution in [0, 0.1) is 17.0 Å². The minimum Gasteiger partial charge on any atom is -0.398 e. The lowest BCUT2D eigenvalue weighted by Gasteiger charge is -2.07. The van der Waals surface area contributed by atoms with Gasteiger partial charge < -0.3 is 5.73 Å². The van der Waals surface area contributed by atoms with Gasteiger partial charge in [-0.1, -0.05) is 0 Å². The van der Waals surface area contributed by atoms with E-state index in [4.69, 9.17) is 5.73 Å². The van der Waals surface area contributed by atoms with Gasteiger partial charge in [0.15, 0.2) is 0 Å². The van der Waals surface area contributed by atoms with Gasteiger partial charge in [-0.3, -0.25) is 10.1 Å². The molecule has 0 unspecified atom stereocenters. The van der Waals surface area contributed by atoms with E-state index in [1.165, 1.54) is 17.4 Å². The first-order chi connectivity index (χ1) is 9.79. The number of aryl methyl sites for hydroxylation is 1. The van der Waals surface area contributed by atoms with Crippen molar-refractivity contribution in [2.24, 2.45) is 0 Å². The van der Waals surface area contributed by atoms with Gasteiger partial charge in [0.05, 0.1) is 17.2 Å². The van der Waals surface area contributed by atoms with Crippen molar-refractivity contribution < 1.29 is 13.3 Å². The molecule has 3 N–H and O–H groups in total. The Kier molecular flexibility index (Phi) is 4.21. The second kappa shape index (κ2) is 5.76. The summed E-state index contributed by atoms with van der Waals surface area (Å²) in [5.41, 5.74) is 6.00. The summed E-state index contributed by atoms with van der Waals surface area (Å²) in [6.07, 6.45) is 0. The van der Waals surface area contributed by atoms with Crippen molar-refractivity contribution in [3.63, 3.8) is 0 Å². The number of rotatable bonds is 5. The van der Waals surface area contributed by atoms with Crippen molar-refractivity contribution >= 4 is 32.7 Å². The van der Waals surface area contributed by atoms with Gasteiger partial charge >= 0.3 is 0 Å². The summed E-state index contributed by atoms with van der Waals surface area (Å²) in [6.45, 7) is 1.80. The first-order valence-electron chi connectivity index (χ1n) is 5.74. The molecule has 1 aromatic heterocycles. The number of anilines is 1. The van der Waals surface area contributed by atoms with Crippen LogP contribution in [0.2, 0.25) is 0 Å². The maximum Gasteiger partial charge on any atom is 0.270 e. The number of nitro benzene ring substituents is 1. The Bertz CT molecular complexity index is 785. The molecule has 8 nitrogen and oxygen atoms in total. The topological polar surface area (TPSA) is 128 Å². The Labute approximate surface area is 124 Å². The summed E-state index contributed by atoms with van der Waals surface area (Å²) < 4.78 is 26.7. The molecule has 0 aliphatic heterocycles. The molecule has 0 aliphatic carbocycles. The van der Waals surface area contributed by atoms with E-state index < -0.39 is 14.9 Å². The lowest BCUT2D eigenvalue weighted by molar-refractivity contribution is -0.385. The van der Waals surface area contributed by atoms with Crippen LogP contribution in [0.15, 0.2) is 28.5 Å². The maximum absolute atomic E-state index is 12.2. The zero-order valence-electron chi connectivity index (χ0n) is 10.9. The van der Waals surface area contributed by atoms with E-state index in [0.717, 1.165) is 17.8 Å². The number of nitro groups is 1. The minimum absolute atomic E-state index is 0.00295. The molecule has 0 saturated heterocycles. The first kappa shape index (κ1) is 15.4. The van der Waals surface area contributed by atoms with Crippen LogP contribution in [0.1, 0.15) is 10.7 Å². The highest BCUT2D eigenvalue weighted by molar-refractivity contribution is 7.89. The number of non-ortho nitro benzene ring substituents is 1. The van der Waals surface area contributed by atoms with E-state index in [9.17, 15) is 18.5 Å². The summed E-state index contributed by atoms with van der Waals surface area (Å²) in [6, 6.07) is 3.28. The van der Waals surface area contributed by atoms with Crippen LogP contribution in [0.25, 0.3) is 0 Å². The number of hydrogen-bond acceptors (Lipinski definition) is 7. The maximum atomic E-state index is 12.2. The zero-order valence-corrected chi connectivity index (χ0v) is 12.6. The van der Waals surface area contributed by atoms with Crippen LogP contribution in [0.3, 0.4) is 0 Å². The number of hydrogen-bond donors (Lipinski definition) is 2. The first-order valence-corrected chi connectivity index (χ1v) is 8.10. The molecule has 1 heterocycles. The predicted molar refractivity (Wildman–Crippen MR) is 78.4 cm³/mol. The fraction of sp³-hybridized carbons (Fsp3) is 0.182. The SMILES string of the molecule is Cc1csc(CNS(=O)(=O)c2cc([N+](=O)[O-])ccc2N)n1. The third-order valence-corrected chi connectivity index (χ3v) is 5.00. The smallest absolute Gasteiger partial charge is 0.270 e. The summed E-state index contributed by atoms with van der Waals surface area (Å²) in [5, 5.41) is 13.1. The molecule has 0 bridgehead atoms. The Hall–Kier alpha value is -2.04. The van der Waals surface area contributed by atoms with Crippen molar-refractivity contribution in [2.75, 3.05) is 5.73 Å². The average molecular weight is 328 g/mol. The molecule has 0 spiro atoms. The van der Waals surface area contributed by atoms with E-state index in [-0.39, 0.29) is 22.8 Å². The van der Waals surface area contributed by atoms with Gasteiger partial charge in [-0.05, 0) is 13.0 Å². The number of nitrogens with one attached hydrogen (secondary N) is 1. The largest absolute Gasteiger partial charge is 0.398 e. The Morgan fingerprint density at radius 3 is 2.76 bits per heavy atom. The van der Waals surface area contributed by atoms with Crippen LogP contribution in [0.4, 0.5) is 11.4 Å². The second-order valence-electron chi connectivity index (χ2n) is 4.19. The average Bonchev–Trinajstić information content (AvgIpc) is 2.82. The second-order valence-corrected chi connectivity index (χ2v) is 6.86. The molecule has 10 heteroatoms. The quantitative estimate of drug-likeness (QED) is 0.485. The lowest BCUT2D eigenvalue weighted by atomic mass is 10.3. The van der Waals surface area contributed by atoms with E-state index in [1.807, 2.05) is 0 Å². The zero-order chi connectivity index (χ0) is 15.6. The number of nitrogens with zero attached hydrogens (tertiary/aromatic N) is 2. The fourth-order valence-corrected chi connectivity index (χ4v) is 3.53. The normalized spacial score (nSPS) is 11.5. The lowest BCUT2D eigenvalue weighted by Crippen LogP contribution is -2.24. The Morgan fingerprint density at radius 1 is 1.48 bits per heavy atom. The standard InChI is InChI=1S/C11H12N4O4S2/c1-7-6-20-11(14-7)5-13-21(18,19)10-4-8(15(16)17)2-3-9(10)12/h2-4,6,13H,5,12H2,1H3. The van der Waals surface area contributed by atoms with Crippen LogP contribution >= 0.6 is 11.3 Å². The Morgan fingerprint density at radius 2 is 2.19 bits per heavy atom. The molecule has 0 atom stereocenters. The van der Waals surface area contributed by atoms with E-state index >= 15 is 0 Å². The van der Waals surface area contributed by atoms with Crippen molar-refractivity contribution in [2.45, 2.75) is 18.4 Å². The van der Waals surface area contributed by atoms with Crippen LogP contribution in [-0.4, -0.2) is 18.3 Å². The number of nitrogen functional groups attached to an aromatic ring is 1. The molecule has 0 fully saturated rings. The molecule has 0 saturated carbocycles. The fourth-order valence-electron chi connectivity index (χ4n) is 1.59. The number of aromatic nitrogens is 1. The minimum atomic E-state index is -3.95. The van der Waals surface area contributed by atoms with Gasteiger partial charge in [0, 0.05) is 23.2 Å². The Balaban J connectivity index is 2.26. The third kappa shape index (κ3) is 3.54. The van der Waals surface area contributed by atoms with Crippen molar-refractivity contribution in [3.8, 4) is 0 Å². The van der Waals surface area contributed by atoms with Crippen LogP contribution in [0.5, 0.6) is 0 Å². The monoisotopic (exact) mass is 328 g/mol. The molecule has 21 heavy (non-hydrogen) atoms. The molecule has 0 amide bonds. The predicted octanol–water partition coefficient (Wildman–Crippen LogP) is 1.42. The molecular formula is C11H12N4O4S2. The van der Waals surface area contributed by atoms with E-state index in [2.05, 4.69) is 9.71 Å². The highest BCUT2D eigenvalue weighted by Gasteiger charge is 2.21. The van der Waals surface area contributed by atoms with Gasteiger partial charge in [-0.2, -0.15) is 0 Å². The summed E-state index contributed by atoms with van der Waals surface area (Å²) in [5.74, 6) is 0. The molecule has 2 rings (SSSR count). The summed E-state index contributed by atoms with van der Waals surface area (Å²) >= 11 is 1.32. The van der Waals surface area contributed by atoms with Crippen LogP contribution < -0.4 is 10.5 Å². The number of sulfonamides is 1. The van der Waals surface area contributed by atoms with Gasteiger partial charge in [0.1, 0.15) is 9.90 Å². The highest BCUT2D eigenvalue weighted by atomic mass is 32.2. The van der Waals surface area contributed by atoms with E-state index in [1.54, 1.807) is 12.3 Å². The van der Waals surface area contributed by atoms with Crippen LogP contribution in [-0.2, 0) is 16.6 Å². The van der Waals surface area contributed by atoms with Gasteiger partial charge in [-0.15, -0.1) is 11.3 Å². The number of nitrogens with two attached hydrogens (primary N) is 1. The molecule has 2 aromatic rings. The highest BCUT2D eigenvalue weighted by Crippen LogP contribution is 2.24. The summed E-state index contributed by atoms with van der Waals surface area (Å²) in [4.78, 5) is 13.8. The van der Waals surface area contributed by atoms with E-state index in [0.29, 0.717) is 5.01 Å². The van der Waals surface area contributed by atoms with Crippen molar-refractivity contribution in [3.05, 3.63) is 44.4 Å². The van der Waals surface area contributed by atoms with Gasteiger partial charge in [0.25, 0.3) is 5.69 Å². The van der Waals surface area contributed by atoms with Gasteiger partial charge in [-0.25, -0.2) is 18.1 Å². The molecule has 1 aromatic carbocycles.